The van der Waals surface area contributed by atoms with E-state index in [9.17, 15) is 9.59 Å². The predicted octanol–water partition coefficient (Wildman–Crippen LogP) is 2.98. The van der Waals surface area contributed by atoms with Gasteiger partial charge in [0.2, 0.25) is 0 Å². The van der Waals surface area contributed by atoms with Gasteiger partial charge in [-0.3, -0.25) is 9.59 Å². The van der Waals surface area contributed by atoms with Gasteiger partial charge in [0.1, 0.15) is 0 Å². The van der Waals surface area contributed by atoms with Crippen LogP contribution in [0.1, 0.15) is 53.9 Å². The molecule has 0 bridgehead atoms. The molecule has 0 aromatic heterocycles. The van der Waals surface area contributed by atoms with Crippen molar-refractivity contribution in [1.82, 2.24) is 0 Å². The largest absolute Gasteiger partial charge is 0.466 e. The van der Waals surface area contributed by atoms with Crippen LogP contribution in [-0.2, 0) is 28.5 Å². The third-order valence-corrected chi connectivity index (χ3v) is 3.35. The summed E-state index contributed by atoms with van der Waals surface area (Å²) in [5, 5.41) is 0. The Morgan fingerprint density at radius 3 is 1.91 bits per heavy atom. The number of hydrogen-bond acceptors (Lipinski definition) is 6. The summed E-state index contributed by atoms with van der Waals surface area (Å²) < 4.78 is 19.8. The van der Waals surface area contributed by atoms with Crippen LogP contribution in [0.5, 0.6) is 0 Å². The molecule has 0 radical (unpaired) electrons. The highest BCUT2D eigenvalue weighted by molar-refractivity contribution is 5.66. The minimum atomic E-state index is -0.229. The molecule has 0 aromatic carbocycles. The lowest BCUT2D eigenvalue weighted by Gasteiger charge is -2.20. The minimum absolute atomic E-state index is 0.185. The van der Waals surface area contributed by atoms with Crippen LogP contribution in [0, 0.1) is 5.92 Å². The van der Waals surface area contributed by atoms with Gasteiger partial charge in [-0.15, -0.1) is 0 Å². The van der Waals surface area contributed by atoms with Crippen LogP contribution in [-0.4, -0.2) is 51.6 Å². The Morgan fingerprint density at radius 1 is 0.957 bits per heavy atom. The number of hydrogen-bond donors (Lipinski definition) is 0. The molecule has 23 heavy (non-hydrogen) atoms. The molecule has 0 N–H and O–H groups in total. The van der Waals surface area contributed by atoms with Gasteiger partial charge in [-0.2, -0.15) is 0 Å². The van der Waals surface area contributed by atoms with E-state index in [1.807, 2.05) is 13.8 Å². The summed E-state index contributed by atoms with van der Waals surface area (Å²) in [5.74, 6) is -0.174. The molecule has 0 aliphatic carbocycles. The van der Waals surface area contributed by atoms with Gasteiger partial charge >= 0.3 is 11.9 Å². The van der Waals surface area contributed by atoms with Crippen LogP contribution in [0.2, 0.25) is 0 Å². The van der Waals surface area contributed by atoms with Crippen LogP contribution in [0.3, 0.4) is 0 Å². The van der Waals surface area contributed by atoms with Crippen LogP contribution in [0.25, 0.3) is 0 Å². The molecule has 0 heterocycles. The van der Waals surface area contributed by atoms with E-state index in [2.05, 4.69) is 6.92 Å². The molecule has 6 nitrogen and oxygen atoms in total. The predicted molar refractivity (Wildman–Crippen MR) is 89.2 cm³/mol. The van der Waals surface area contributed by atoms with Crippen molar-refractivity contribution in [2.24, 2.45) is 5.92 Å². The maximum absolute atomic E-state index is 10.5. The normalized spacial score (nSPS) is 14.0. The first kappa shape index (κ1) is 24.1. The number of rotatable bonds is 10. The second-order valence-electron chi connectivity index (χ2n) is 5.49. The molecular formula is C17H34O6. The van der Waals surface area contributed by atoms with Gasteiger partial charge in [-0.25, -0.2) is 0 Å². The zero-order valence-corrected chi connectivity index (χ0v) is 15.7. The Hall–Kier alpha value is -1.14. The second kappa shape index (κ2) is 15.7. The van der Waals surface area contributed by atoms with E-state index in [0.29, 0.717) is 13.2 Å². The Balaban J connectivity index is 0. The molecule has 0 aliphatic heterocycles. The molecule has 6 heteroatoms. The van der Waals surface area contributed by atoms with Crippen molar-refractivity contribution in [3.63, 3.8) is 0 Å². The molecule has 138 valence electrons. The van der Waals surface area contributed by atoms with Gasteiger partial charge in [0.05, 0.1) is 25.4 Å². The van der Waals surface area contributed by atoms with Gasteiger partial charge in [-0.1, -0.05) is 13.8 Å². The number of ether oxygens (including phenoxy) is 4. The van der Waals surface area contributed by atoms with Gasteiger partial charge in [0, 0.05) is 34.0 Å². The summed E-state index contributed by atoms with van der Waals surface area (Å²) in [6.45, 7) is 9.84. The first-order valence-electron chi connectivity index (χ1n) is 8.10. The van der Waals surface area contributed by atoms with Crippen molar-refractivity contribution >= 4 is 11.9 Å². The van der Waals surface area contributed by atoms with Crippen LogP contribution >= 0.6 is 0 Å². The molecule has 0 saturated carbocycles. The third kappa shape index (κ3) is 17.1. The Kier molecular flexibility index (Phi) is 16.5. The van der Waals surface area contributed by atoms with Crippen molar-refractivity contribution in [3.8, 4) is 0 Å². The lowest BCUT2D eigenvalue weighted by Crippen LogP contribution is -2.24. The lowest BCUT2D eigenvalue weighted by molar-refractivity contribution is -0.143. The van der Waals surface area contributed by atoms with E-state index in [1.54, 1.807) is 14.2 Å². The Bertz CT molecular complexity index is 301. The van der Waals surface area contributed by atoms with Crippen LogP contribution in [0.4, 0.5) is 0 Å². The molecule has 0 aliphatic rings. The topological polar surface area (TPSA) is 71.1 Å². The van der Waals surface area contributed by atoms with E-state index in [1.165, 1.54) is 13.8 Å². The molecule has 0 amide bonds. The second-order valence-corrected chi connectivity index (χ2v) is 5.49. The summed E-state index contributed by atoms with van der Waals surface area (Å²) in [7, 11) is 3.36. The van der Waals surface area contributed by atoms with Crippen molar-refractivity contribution < 1.29 is 28.5 Å². The average Bonchev–Trinajstić information content (AvgIpc) is 2.50. The number of methoxy groups -OCH3 is 2. The lowest BCUT2D eigenvalue weighted by atomic mass is 10.0. The van der Waals surface area contributed by atoms with Crippen LogP contribution < -0.4 is 0 Å². The maximum atomic E-state index is 10.5. The smallest absolute Gasteiger partial charge is 0.302 e. The fourth-order valence-electron chi connectivity index (χ4n) is 1.86. The molecule has 0 spiro atoms. The van der Waals surface area contributed by atoms with Crippen molar-refractivity contribution in [2.45, 2.75) is 66.1 Å². The first-order valence-corrected chi connectivity index (χ1v) is 8.10. The molecule has 0 rings (SSSR count). The van der Waals surface area contributed by atoms with Gasteiger partial charge in [0.25, 0.3) is 0 Å². The van der Waals surface area contributed by atoms with Crippen molar-refractivity contribution in [1.29, 1.82) is 0 Å². The van der Waals surface area contributed by atoms with E-state index in [-0.39, 0.29) is 30.1 Å². The molecule has 0 aromatic rings. The summed E-state index contributed by atoms with van der Waals surface area (Å²) in [5.41, 5.74) is 0. The van der Waals surface area contributed by atoms with E-state index >= 15 is 0 Å². The SMILES string of the molecule is CCC(OC)C(C)COC(C)=O.COC(C)CCCOC(C)=O. The van der Waals surface area contributed by atoms with Gasteiger partial charge in [-0.05, 0) is 26.2 Å². The quantitative estimate of drug-likeness (QED) is 0.452. The van der Waals surface area contributed by atoms with Crippen molar-refractivity contribution in [3.05, 3.63) is 0 Å². The summed E-state index contributed by atoms with van der Waals surface area (Å²) in [6.07, 6.45) is 3.19. The van der Waals surface area contributed by atoms with Crippen molar-refractivity contribution in [2.75, 3.05) is 27.4 Å². The maximum Gasteiger partial charge on any atom is 0.302 e. The van der Waals surface area contributed by atoms with E-state index < -0.39 is 0 Å². The molecule has 0 fully saturated rings. The van der Waals surface area contributed by atoms with E-state index in [4.69, 9.17) is 18.9 Å². The number of carbonyl (C=O) groups excluding carboxylic acids is 2. The molecule has 3 unspecified atom stereocenters. The average molecular weight is 334 g/mol. The van der Waals surface area contributed by atoms with Crippen LogP contribution in [0.15, 0.2) is 0 Å². The fraction of sp³-hybridized carbons (Fsp3) is 0.882. The highest BCUT2D eigenvalue weighted by atomic mass is 16.5. The number of carbonyl (C=O) groups is 2. The summed E-state index contributed by atoms with van der Waals surface area (Å²) >= 11 is 0. The highest BCUT2D eigenvalue weighted by Crippen LogP contribution is 2.10. The third-order valence-electron chi connectivity index (χ3n) is 3.35. The zero-order chi connectivity index (χ0) is 18.3. The summed E-state index contributed by atoms with van der Waals surface area (Å²) in [6, 6.07) is 0. The Morgan fingerprint density at radius 2 is 1.52 bits per heavy atom. The zero-order valence-electron chi connectivity index (χ0n) is 15.7. The molecule has 3 atom stereocenters. The highest BCUT2D eigenvalue weighted by Gasteiger charge is 2.15. The summed E-state index contributed by atoms with van der Waals surface area (Å²) in [4.78, 5) is 20.8. The Labute approximate surface area is 140 Å². The van der Waals surface area contributed by atoms with Gasteiger partial charge in [0.15, 0.2) is 0 Å². The number of esters is 2. The van der Waals surface area contributed by atoms with E-state index in [0.717, 1.165) is 19.3 Å². The fourth-order valence-corrected chi connectivity index (χ4v) is 1.86. The minimum Gasteiger partial charge on any atom is -0.466 e. The standard InChI is InChI=1S/C9H18O3.C8H16O3/c1-5-9(11-4)7(2)6-12-8(3)10;1-7(10-3)5-4-6-11-8(2)9/h7,9H,5-6H2,1-4H3;7H,4-6H2,1-3H3. The first-order chi connectivity index (χ1) is 10.8. The van der Waals surface area contributed by atoms with Gasteiger partial charge < -0.3 is 18.9 Å². The molecule has 0 saturated heterocycles. The monoisotopic (exact) mass is 334 g/mol. The molecular weight excluding hydrogens is 300 g/mol.